The quantitative estimate of drug-likeness (QED) is 0.690. The minimum Gasteiger partial charge on any atom is -0.312 e. The summed E-state index contributed by atoms with van der Waals surface area (Å²) in [4.78, 5) is 33.2. The van der Waals surface area contributed by atoms with Crippen molar-refractivity contribution in [3.63, 3.8) is 0 Å². The second-order valence-corrected chi connectivity index (χ2v) is 7.12. The molecule has 8 heteroatoms. The first-order valence-electron chi connectivity index (χ1n) is 7.68. The summed E-state index contributed by atoms with van der Waals surface area (Å²) in [5.41, 5.74) is 1.02. The van der Waals surface area contributed by atoms with Crippen molar-refractivity contribution in [2.75, 3.05) is 11.4 Å². The number of imidazole rings is 1. The lowest BCUT2D eigenvalue weighted by atomic mass is 10.1. The Kier molecular flexibility index (Phi) is 3.38. The highest BCUT2D eigenvalue weighted by molar-refractivity contribution is 9.10. The van der Waals surface area contributed by atoms with Gasteiger partial charge in [0.2, 0.25) is 5.95 Å². The highest BCUT2D eigenvalue weighted by Crippen LogP contribution is 2.33. The lowest BCUT2D eigenvalue weighted by molar-refractivity contribution is 0.458. The Bertz CT molecular complexity index is 1050. The maximum absolute atomic E-state index is 12.3. The number of anilines is 2. The molecule has 7 nitrogen and oxygen atoms in total. The fourth-order valence-electron chi connectivity index (χ4n) is 3.21. The molecule has 124 valence electrons. The third kappa shape index (κ3) is 2.21. The van der Waals surface area contributed by atoms with Crippen LogP contribution in [0.4, 0.5) is 11.6 Å². The van der Waals surface area contributed by atoms with Crippen LogP contribution in [0, 0.1) is 5.92 Å². The van der Waals surface area contributed by atoms with Gasteiger partial charge in [0.25, 0.3) is 5.56 Å². The number of nitrogens with one attached hydrogen (secondary N) is 1. The van der Waals surface area contributed by atoms with Crippen LogP contribution in [-0.4, -0.2) is 25.6 Å². The molecule has 0 radical (unpaired) electrons. The number of aryl methyl sites for hydroxylation is 1. The average Bonchev–Trinajstić information content (AvgIpc) is 2.92. The van der Waals surface area contributed by atoms with Crippen LogP contribution in [0.5, 0.6) is 0 Å². The van der Waals surface area contributed by atoms with E-state index in [1.165, 1.54) is 4.57 Å². The standard InChI is InChI=1S/C16H16BrN5O2/c1-9-7-21(11-5-3-10(17)4-6-11)15-18-13-12(22(15)8-9)14(23)19-16(24)20(13)2/h3-6,9H,7-8H2,1-2H3,(H,19,23,24)/t9-/m1/s1. The van der Waals surface area contributed by atoms with Crippen molar-refractivity contribution in [3.05, 3.63) is 49.6 Å². The van der Waals surface area contributed by atoms with Crippen LogP contribution in [0.25, 0.3) is 11.2 Å². The van der Waals surface area contributed by atoms with Gasteiger partial charge in [0.05, 0.1) is 0 Å². The zero-order chi connectivity index (χ0) is 17.0. The molecule has 1 N–H and O–H groups in total. The van der Waals surface area contributed by atoms with Crippen molar-refractivity contribution >= 4 is 38.7 Å². The monoisotopic (exact) mass is 389 g/mol. The molecule has 3 heterocycles. The molecule has 24 heavy (non-hydrogen) atoms. The number of aromatic nitrogens is 4. The van der Waals surface area contributed by atoms with Gasteiger partial charge >= 0.3 is 5.69 Å². The molecule has 4 rings (SSSR count). The largest absolute Gasteiger partial charge is 0.329 e. The summed E-state index contributed by atoms with van der Waals surface area (Å²) in [5, 5.41) is 0. The van der Waals surface area contributed by atoms with Crippen molar-refractivity contribution < 1.29 is 0 Å². The van der Waals surface area contributed by atoms with E-state index in [1.807, 2.05) is 28.8 Å². The van der Waals surface area contributed by atoms with Crippen LogP contribution in [0.15, 0.2) is 38.3 Å². The molecule has 0 saturated heterocycles. The fourth-order valence-corrected chi connectivity index (χ4v) is 3.47. The van der Waals surface area contributed by atoms with Gasteiger partial charge in [0.1, 0.15) is 0 Å². The van der Waals surface area contributed by atoms with Crippen molar-refractivity contribution in [1.82, 2.24) is 19.1 Å². The van der Waals surface area contributed by atoms with Gasteiger partial charge in [-0.3, -0.25) is 14.3 Å². The molecule has 1 aromatic carbocycles. The van der Waals surface area contributed by atoms with Gasteiger partial charge in [0, 0.05) is 30.3 Å². The molecule has 2 aromatic heterocycles. The van der Waals surface area contributed by atoms with E-state index in [9.17, 15) is 9.59 Å². The van der Waals surface area contributed by atoms with Gasteiger partial charge in [-0.2, -0.15) is 4.98 Å². The Morgan fingerprint density at radius 2 is 1.92 bits per heavy atom. The summed E-state index contributed by atoms with van der Waals surface area (Å²) < 4.78 is 4.29. The molecular formula is C16H16BrN5O2. The predicted octanol–water partition coefficient (Wildman–Crippen LogP) is 1.97. The van der Waals surface area contributed by atoms with E-state index < -0.39 is 11.2 Å². The SMILES string of the molecule is C[C@@H]1CN(c2ccc(Br)cc2)c2nc3c(c(=O)[nH]c(=O)n3C)n2C1. The third-order valence-electron chi connectivity index (χ3n) is 4.36. The highest BCUT2D eigenvalue weighted by atomic mass is 79.9. The number of hydrogen-bond donors (Lipinski definition) is 1. The van der Waals surface area contributed by atoms with Crippen LogP contribution < -0.4 is 16.1 Å². The van der Waals surface area contributed by atoms with E-state index >= 15 is 0 Å². The van der Waals surface area contributed by atoms with Crippen LogP contribution in [0.3, 0.4) is 0 Å². The summed E-state index contributed by atoms with van der Waals surface area (Å²) in [5.74, 6) is 1.03. The zero-order valence-electron chi connectivity index (χ0n) is 13.3. The fraction of sp³-hybridized carbons (Fsp3) is 0.312. The first-order valence-corrected chi connectivity index (χ1v) is 8.47. The number of rotatable bonds is 1. The van der Waals surface area contributed by atoms with E-state index in [0.29, 0.717) is 29.6 Å². The van der Waals surface area contributed by atoms with Crippen molar-refractivity contribution in [1.29, 1.82) is 0 Å². The first kappa shape index (κ1) is 15.2. The van der Waals surface area contributed by atoms with Gasteiger partial charge in [-0.1, -0.05) is 22.9 Å². The summed E-state index contributed by atoms with van der Waals surface area (Å²) in [6.45, 7) is 3.63. The number of fused-ring (bicyclic) bond motifs is 3. The van der Waals surface area contributed by atoms with Crippen LogP contribution >= 0.6 is 15.9 Å². The third-order valence-corrected chi connectivity index (χ3v) is 4.88. The van der Waals surface area contributed by atoms with E-state index in [-0.39, 0.29) is 0 Å². The van der Waals surface area contributed by atoms with E-state index in [4.69, 9.17) is 0 Å². The van der Waals surface area contributed by atoms with Crippen molar-refractivity contribution in [3.8, 4) is 0 Å². The smallest absolute Gasteiger partial charge is 0.312 e. The number of nitrogens with zero attached hydrogens (tertiary/aromatic N) is 4. The number of H-pyrrole nitrogens is 1. The van der Waals surface area contributed by atoms with Gasteiger partial charge in [-0.05, 0) is 30.2 Å². The van der Waals surface area contributed by atoms with E-state index in [2.05, 4.69) is 37.7 Å². The normalized spacial score (nSPS) is 17.3. The van der Waals surface area contributed by atoms with Crippen LogP contribution in [-0.2, 0) is 13.6 Å². The molecule has 0 spiro atoms. The first-order chi connectivity index (χ1) is 11.5. The van der Waals surface area contributed by atoms with Gasteiger partial charge in [-0.25, -0.2) is 4.79 Å². The molecule has 0 amide bonds. The highest BCUT2D eigenvalue weighted by Gasteiger charge is 2.28. The topological polar surface area (TPSA) is 75.9 Å². The summed E-state index contributed by atoms with van der Waals surface area (Å²) in [7, 11) is 1.62. The zero-order valence-corrected chi connectivity index (χ0v) is 14.9. The van der Waals surface area contributed by atoms with Gasteiger partial charge in [0.15, 0.2) is 11.2 Å². The Morgan fingerprint density at radius 1 is 1.21 bits per heavy atom. The number of halogens is 1. The molecule has 0 fully saturated rings. The summed E-state index contributed by atoms with van der Waals surface area (Å²) >= 11 is 3.45. The van der Waals surface area contributed by atoms with E-state index in [0.717, 1.165) is 16.7 Å². The maximum Gasteiger partial charge on any atom is 0.329 e. The predicted molar refractivity (Wildman–Crippen MR) is 95.9 cm³/mol. The molecule has 1 aliphatic heterocycles. The summed E-state index contributed by atoms with van der Waals surface area (Å²) in [6.07, 6.45) is 0. The lowest BCUT2D eigenvalue weighted by Gasteiger charge is -2.32. The summed E-state index contributed by atoms with van der Waals surface area (Å²) in [6, 6.07) is 7.97. The van der Waals surface area contributed by atoms with Gasteiger partial charge in [-0.15, -0.1) is 0 Å². The maximum atomic E-state index is 12.3. The number of aromatic amines is 1. The van der Waals surface area contributed by atoms with Crippen LogP contribution in [0.1, 0.15) is 6.92 Å². The molecule has 3 aromatic rings. The van der Waals surface area contributed by atoms with Gasteiger partial charge < -0.3 is 9.47 Å². The molecule has 0 unspecified atom stereocenters. The second-order valence-electron chi connectivity index (χ2n) is 6.21. The van der Waals surface area contributed by atoms with Crippen molar-refractivity contribution in [2.24, 2.45) is 13.0 Å². The Morgan fingerprint density at radius 3 is 2.62 bits per heavy atom. The van der Waals surface area contributed by atoms with Crippen molar-refractivity contribution in [2.45, 2.75) is 13.5 Å². The Labute approximate surface area is 145 Å². The molecule has 0 bridgehead atoms. The molecule has 1 atom stereocenters. The molecule has 0 saturated carbocycles. The van der Waals surface area contributed by atoms with Crippen LogP contribution in [0.2, 0.25) is 0 Å². The minimum atomic E-state index is -0.453. The number of hydrogen-bond acceptors (Lipinski definition) is 4. The Hall–Kier alpha value is -2.35. The second kappa shape index (κ2) is 5.34. The minimum absolute atomic E-state index is 0.343. The lowest BCUT2D eigenvalue weighted by Crippen LogP contribution is -2.35. The molecule has 1 aliphatic rings. The average molecular weight is 390 g/mol. The number of benzene rings is 1. The van der Waals surface area contributed by atoms with E-state index in [1.54, 1.807) is 7.05 Å². The Balaban J connectivity index is 2.00. The molecule has 0 aliphatic carbocycles. The molecular weight excluding hydrogens is 374 g/mol.